The van der Waals surface area contributed by atoms with Crippen molar-refractivity contribution in [2.75, 3.05) is 6.54 Å². The van der Waals surface area contributed by atoms with Gasteiger partial charge in [-0.15, -0.1) is 0 Å². The van der Waals surface area contributed by atoms with E-state index in [4.69, 9.17) is 32.7 Å². The molecule has 0 unspecified atom stereocenters. The third kappa shape index (κ3) is 6.97. The number of nitro benzene ring substituents is 1. The van der Waals surface area contributed by atoms with Crippen LogP contribution in [0.1, 0.15) is 31.9 Å². The highest BCUT2D eigenvalue weighted by Gasteiger charge is 2.37. The Labute approximate surface area is 215 Å². The monoisotopic (exact) mass is 538 g/mol. The topological polar surface area (TPSA) is 116 Å². The van der Waals surface area contributed by atoms with Crippen LogP contribution >= 0.6 is 35.0 Å². The number of halogens is 2. The van der Waals surface area contributed by atoms with Gasteiger partial charge in [-0.05, 0) is 61.9 Å². The Balaban J connectivity index is 1.73. The van der Waals surface area contributed by atoms with Crippen molar-refractivity contribution in [3.63, 3.8) is 0 Å². The molecule has 9 nitrogen and oxygen atoms in total. The molecular weight excluding hydrogens is 519 g/mol. The molecule has 0 aliphatic carbocycles. The van der Waals surface area contributed by atoms with Gasteiger partial charge in [-0.25, -0.2) is 0 Å². The van der Waals surface area contributed by atoms with E-state index in [1.165, 1.54) is 30.3 Å². The van der Waals surface area contributed by atoms with E-state index in [1.807, 2.05) is 0 Å². The summed E-state index contributed by atoms with van der Waals surface area (Å²) in [5.41, 5.74) is 0.167. The lowest BCUT2D eigenvalue weighted by Crippen LogP contribution is -2.37. The summed E-state index contributed by atoms with van der Waals surface area (Å²) in [6.07, 6.45) is 1.43. The van der Waals surface area contributed by atoms with Gasteiger partial charge < -0.3 is 9.47 Å². The van der Waals surface area contributed by atoms with Crippen molar-refractivity contribution in [1.29, 1.82) is 0 Å². The maximum atomic E-state index is 12.7. The first-order valence-corrected chi connectivity index (χ1v) is 11.7. The predicted octanol–water partition coefficient (Wildman–Crippen LogP) is 5.86. The third-order valence-electron chi connectivity index (χ3n) is 4.40. The Bertz CT molecular complexity index is 1220. The van der Waals surface area contributed by atoms with Crippen LogP contribution in [0.25, 0.3) is 6.08 Å². The van der Waals surface area contributed by atoms with Crippen LogP contribution in [-0.2, 0) is 20.9 Å². The molecule has 0 N–H and O–H groups in total. The molecule has 184 valence electrons. The Morgan fingerprint density at radius 2 is 1.83 bits per heavy atom. The molecule has 2 aromatic rings. The molecule has 1 heterocycles. The first-order chi connectivity index (χ1) is 16.3. The van der Waals surface area contributed by atoms with E-state index in [1.54, 1.807) is 32.9 Å². The van der Waals surface area contributed by atoms with Crippen molar-refractivity contribution in [1.82, 2.24) is 4.90 Å². The van der Waals surface area contributed by atoms with Crippen LogP contribution < -0.4 is 4.74 Å². The van der Waals surface area contributed by atoms with Crippen LogP contribution in [0.3, 0.4) is 0 Å². The van der Waals surface area contributed by atoms with Gasteiger partial charge in [-0.3, -0.25) is 29.4 Å². The van der Waals surface area contributed by atoms with Crippen LogP contribution in [0, 0.1) is 10.1 Å². The standard InChI is InChI=1S/C23H20Cl2N2O7S/c1-23(2,3)34-19(28)11-26-21(29)18(35-22(26)30)10-14-8-16(24)20(17(25)9-14)33-12-13-5-4-6-15(7-13)27(31)32/h4-10H,11-12H2,1-3H3. The number of rotatable bonds is 7. The predicted molar refractivity (Wildman–Crippen MR) is 132 cm³/mol. The van der Waals surface area contributed by atoms with Crippen molar-refractivity contribution in [3.8, 4) is 5.75 Å². The molecule has 2 amide bonds. The van der Waals surface area contributed by atoms with E-state index in [9.17, 15) is 24.5 Å². The Morgan fingerprint density at radius 1 is 1.17 bits per heavy atom. The Hall–Kier alpha value is -3.08. The zero-order valence-electron chi connectivity index (χ0n) is 18.9. The molecule has 35 heavy (non-hydrogen) atoms. The van der Waals surface area contributed by atoms with Gasteiger partial charge in [0.05, 0.1) is 19.9 Å². The Morgan fingerprint density at radius 3 is 2.43 bits per heavy atom. The molecule has 1 saturated heterocycles. The number of nitrogens with zero attached hydrogens (tertiary/aromatic N) is 2. The van der Waals surface area contributed by atoms with Crippen LogP contribution in [0.4, 0.5) is 10.5 Å². The lowest BCUT2D eigenvalue weighted by Gasteiger charge is -2.21. The second-order valence-electron chi connectivity index (χ2n) is 8.38. The number of hydrogen-bond acceptors (Lipinski definition) is 8. The smallest absolute Gasteiger partial charge is 0.326 e. The fourth-order valence-electron chi connectivity index (χ4n) is 3.01. The highest BCUT2D eigenvalue weighted by molar-refractivity contribution is 8.18. The molecule has 3 rings (SSSR count). The fourth-order valence-corrected chi connectivity index (χ4v) is 4.46. The summed E-state index contributed by atoms with van der Waals surface area (Å²) in [6.45, 7) is 4.55. The zero-order valence-corrected chi connectivity index (χ0v) is 21.2. The van der Waals surface area contributed by atoms with Gasteiger partial charge in [0.25, 0.3) is 16.8 Å². The minimum Gasteiger partial charge on any atom is -0.486 e. The lowest BCUT2D eigenvalue weighted by molar-refractivity contribution is -0.384. The molecule has 0 atom stereocenters. The van der Waals surface area contributed by atoms with Crippen molar-refractivity contribution in [2.45, 2.75) is 33.0 Å². The highest BCUT2D eigenvalue weighted by Crippen LogP contribution is 2.38. The summed E-state index contributed by atoms with van der Waals surface area (Å²) in [5.74, 6) is -1.17. The van der Waals surface area contributed by atoms with Crippen LogP contribution in [0.5, 0.6) is 5.75 Å². The van der Waals surface area contributed by atoms with Gasteiger partial charge in [-0.2, -0.15) is 0 Å². The summed E-state index contributed by atoms with van der Waals surface area (Å²) >= 11 is 13.3. The van der Waals surface area contributed by atoms with Crippen molar-refractivity contribution in [2.24, 2.45) is 0 Å². The van der Waals surface area contributed by atoms with E-state index in [2.05, 4.69) is 0 Å². The summed E-state index contributed by atoms with van der Waals surface area (Å²) in [5, 5.41) is 10.6. The van der Waals surface area contributed by atoms with Gasteiger partial charge in [-0.1, -0.05) is 35.3 Å². The largest absolute Gasteiger partial charge is 0.486 e. The third-order valence-corrected chi connectivity index (χ3v) is 5.87. The van der Waals surface area contributed by atoms with Crippen molar-refractivity contribution >= 4 is 63.8 Å². The molecule has 1 aliphatic heterocycles. The average Bonchev–Trinajstić information content (AvgIpc) is 2.99. The number of hydrogen-bond donors (Lipinski definition) is 0. The molecule has 0 aromatic heterocycles. The normalized spacial score (nSPS) is 15.0. The van der Waals surface area contributed by atoms with Crippen LogP contribution in [-0.4, -0.2) is 39.1 Å². The molecule has 1 aliphatic rings. The molecule has 0 saturated carbocycles. The number of carbonyl (C=O) groups is 3. The van der Waals surface area contributed by atoms with Crippen LogP contribution in [0.2, 0.25) is 10.0 Å². The molecule has 1 fully saturated rings. The summed E-state index contributed by atoms with van der Waals surface area (Å²) in [6, 6.07) is 8.95. The van der Waals surface area contributed by atoms with Gasteiger partial charge >= 0.3 is 5.97 Å². The second kappa shape index (κ2) is 10.7. The molecule has 0 radical (unpaired) electrons. The number of thioether (sulfide) groups is 1. The quantitative estimate of drug-likeness (QED) is 0.186. The first-order valence-electron chi connectivity index (χ1n) is 10.2. The molecule has 12 heteroatoms. The zero-order chi connectivity index (χ0) is 25.9. The average molecular weight is 539 g/mol. The number of nitro groups is 1. The van der Waals surface area contributed by atoms with Gasteiger partial charge in [0, 0.05) is 12.1 Å². The van der Waals surface area contributed by atoms with Crippen molar-refractivity contribution < 1.29 is 28.8 Å². The SMILES string of the molecule is CC(C)(C)OC(=O)CN1C(=O)SC(=Cc2cc(Cl)c(OCc3cccc([N+](=O)[O-])c3)c(Cl)c2)C1=O. The highest BCUT2D eigenvalue weighted by atomic mass is 35.5. The molecule has 2 aromatic carbocycles. The number of imide groups is 1. The minimum atomic E-state index is -0.749. The summed E-state index contributed by atoms with van der Waals surface area (Å²) in [4.78, 5) is 48.3. The van der Waals surface area contributed by atoms with E-state index in [-0.39, 0.29) is 33.0 Å². The molecular formula is C23H20Cl2N2O7S. The van der Waals surface area contributed by atoms with Gasteiger partial charge in [0.1, 0.15) is 18.8 Å². The number of carbonyl (C=O) groups excluding carboxylic acids is 3. The fraction of sp³-hybridized carbons (Fsp3) is 0.261. The van der Waals surface area contributed by atoms with E-state index >= 15 is 0 Å². The van der Waals surface area contributed by atoms with E-state index in [0.717, 1.165) is 4.90 Å². The number of ether oxygens (including phenoxy) is 2. The Kier molecular flexibility index (Phi) is 8.09. The maximum Gasteiger partial charge on any atom is 0.326 e. The van der Waals surface area contributed by atoms with Gasteiger partial charge in [0.15, 0.2) is 5.75 Å². The summed E-state index contributed by atoms with van der Waals surface area (Å²) < 4.78 is 10.8. The van der Waals surface area contributed by atoms with E-state index in [0.29, 0.717) is 22.9 Å². The number of amides is 2. The van der Waals surface area contributed by atoms with Gasteiger partial charge in [0.2, 0.25) is 0 Å². The van der Waals surface area contributed by atoms with Crippen LogP contribution in [0.15, 0.2) is 41.3 Å². The second-order valence-corrected chi connectivity index (χ2v) is 10.2. The lowest BCUT2D eigenvalue weighted by atomic mass is 10.2. The molecule has 0 bridgehead atoms. The maximum absolute atomic E-state index is 12.7. The van der Waals surface area contributed by atoms with Crippen molar-refractivity contribution in [3.05, 3.63) is 72.6 Å². The minimum absolute atomic E-state index is 0.00990. The van der Waals surface area contributed by atoms with E-state index < -0.39 is 34.2 Å². The number of non-ortho nitro benzene ring substituents is 1. The first kappa shape index (κ1) is 26.5. The summed E-state index contributed by atoms with van der Waals surface area (Å²) in [7, 11) is 0. The number of benzene rings is 2. The molecule has 0 spiro atoms. The number of esters is 1.